The molecule has 0 unspecified atom stereocenters. The van der Waals surface area contributed by atoms with E-state index in [1.807, 2.05) is 0 Å². The lowest BCUT2D eigenvalue weighted by atomic mass is 9.79. The number of nitrogens with zero attached hydrogens (tertiary/aromatic N) is 6. The first-order chi connectivity index (χ1) is 29.3. The first kappa shape index (κ1) is 37.6. The van der Waals surface area contributed by atoms with E-state index in [-0.39, 0.29) is 0 Å². The molecule has 6 nitrogen and oxygen atoms in total. The Morgan fingerprint density at radius 1 is 0.267 bits per heavy atom. The lowest BCUT2D eigenvalue weighted by Gasteiger charge is -2.26. The van der Waals surface area contributed by atoms with Crippen LogP contribution in [0.1, 0.15) is 88.3 Å². The van der Waals surface area contributed by atoms with Gasteiger partial charge in [-0.05, 0) is 110 Å². The summed E-state index contributed by atoms with van der Waals surface area (Å²) in [5, 5.41) is 6.66. The Labute approximate surface area is 350 Å². The SMILES string of the molecule is CCc1c(Cc2ccc3ccc4ccc(C)nc4c3n2)c(CC)c(Cc2ccc3ccc4ccc(C)nc4c3n2)c(CC)c1Cc1ccc2ccc3ccc(C)nc3c2n1. The summed E-state index contributed by atoms with van der Waals surface area (Å²) in [6.07, 6.45) is 4.91. The highest BCUT2D eigenvalue weighted by molar-refractivity contribution is 6.04. The van der Waals surface area contributed by atoms with Crippen molar-refractivity contribution in [2.24, 2.45) is 0 Å². The van der Waals surface area contributed by atoms with E-state index in [1.54, 1.807) is 0 Å². The van der Waals surface area contributed by atoms with Crippen molar-refractivity contribution in [1.29, 1.82) is 0 Å². The molecule has 0 aliphatic rings. The maximum Gasteiger partial charge on any atom is 0.0968 e. The molecular formula is C54H48N6. The number of rotatable bonds is 9. The van der Waals surface area contributed by atoms with Gasteiger partial charge >= 0.3 is 0 Å². The molecule has 0 fully saturated rings. The summed E-state index contributed by atoms with van der Waals surface area (Å²) in [6, 6.07) is 38.9. The van der Waals surface area contributed by atoms with Gasteiger partial charge in [0.25, 0.3) is 0 Å². The molecule has 6 aromatic heterocycles. The fourth-order valence-corrected chi connectivity index (χ4v) is 9.57. The summed E-state index contributed by atoms with van der Waals surface area (Å²) in [4.78, 5) is 31.1. The number of aromatic nitrogens is 6. The molecule has 10 rings (SSSR count). The van der Waals surface area contributed by atoms with Gasteiger partial charge in [-0.25, -0.2) is 0 Å². The average molecular weight is 781 g/mol. The third-order valence-electron chi connectivity index (χ3n) is 12.5. The van der Waals surface area contributed by atoms with Crippen molar-refractivity contribution in [3.05, 3.63) is 177 Å². The van der Waals surface area contributed by atoms with Crippen LogP contribution in [0.15, 0.2) is 109 Å². The first-order valence-electron chi connectivity index (χ1n) is 21.4. The smallest absolute Gasteiger partial charge is 0.0968 e. The fourth-order valence-electron chi connectivity index (χ4n) is 9.57. The van der Waals surface area contributed by atoms with Crippen molar-refractivity contribution in [2.45, 2.75) is 80.1 Å². The molecule has 0 aliphatic carbocycles. The number of hydrogen-bond acceptors (Lipinski definition) is 6. The highest BCUT2D eigenvalue weighted by Crippen LogP contribution is 2.36. The molecule has 0 saturated heterocycles. The van der Waals surface area contributed by atoms with Crippen molar-refractivity contribution in [2.75, 3.05) is 0 Å². The maximum atomic E-state index is 5.40. The van der Waals surface area contributed by atoms with Crippen LogP contribution < -0.4 is 0 Å². The van der Waals surface area contributed by atoms with Gasteiger partial charge in [0, 0.05) is 85.7 Å². The number of fused-ring (bicyclic) bond motifs is 9. The molecule has 0 amide bonds. The highest BCUT2D eigenvalue weighted by Gasteiger charge is 2.24. The molecule has 0 radical (unpaired) electrons. The minimum atomic E-state index is 0.729. The Morgan fingerprint density at radius 3 is 0.733 bits per heavy atom. The van der Waals surface area contributed by atoms with Crippen molar-refractivity contribution in [1.82, 2.24) is 29.9 Å². The molecule has 0 N–H and O–H groups in total. The van der Waals surface area contributed by atoms with E-state index >= 15 is 0 Å². The van der Waals surface area contributed by atoms with E-state index in [0.717, 1.165) is 138 Å². The second-order valence-corrected chi connectivity index (χ2v) is 16.4. The maximum absolute atomic E-state index is 5.40. The van der Waals surface area contributed by atoms with Gasteiger partial charge in [-0.1, -0.05) is 93.6 Å². The molecule has 294 valence electrons. The molecule has 0 atom stereocenters. The summed E-state index contributed by atoms with van der Waals surface area (Å²) >= 11 is 0. The van der Waals surface area contributed by atoms with Gasteiger partial charge in [-0.3, -0.25) is 29.9 Å². The molecular weight excluding hydrogens is 733 g/mol. The van der Waals surface area contributed by atoms with E-state index in [2.05, 4.69) is 151 Å². The Hall–Kier alpha value is -6.66. The number of benzene rings is 4. The van der Waals surface area contributed by atoms with Crippen LogP contribution in [-0.2, 0) is 38.5 Å². The van der Waals surface area contributed by atoms with Crippen LogP contribution >= 0.6 is 0 Å². The van der Waals surface area contributed by atoms with Gasteiger partial charge in [0.15, 0.2) is 0 Å². The molecule has 4 aromatic carbocycles. The zero-order chi connectivity index (χ0) is 41.1. The predicted molar refractivity (Wildman–Crippen MR) is 248 cm³/mol. The molecule has 0 bridgehead atoms. The lowest BCUT2D eigenvalue weighted by molar-refractivity contribution is 0.882. The largest absolute Gasteiger partial charge is 0.251 e. The van der Waals surface area contributed by atoms with Crippen molar-refractivity contribution in [3.8, 4) is 0 Å². The van der Waals surface area contributed by atoms with Gasteiger partial charge in [0.2, 0.25) is 0 Å². The van der Waals surface area contributed by atoms with Gasteiger partial charge in [-0.2, -0.15) is 0 Å². The quantitative estimate of drug-likeness (QED) is 0.136. The Bertz CT molecular complexity index is 2970. The van der Waals surface area contributed by atoms with Crippen molar-refractivity contribution in [3.63, 3.8) is 0 Å². The van der Waals surface area contributed by atoms with E-state index in [9.17, 15) is 0 Å². The van der Waals surface area contributed by atoms with Crippen LogP contribution in [0.3, 0.4) is 0 Å². The molecule has 60 heavy (non-hydrogen) atoms. The molecule has 6 heteroatoms. The minimum absolute atomic E-state index is 0.729. The number of aryl methyl sites for hydroxylation is 3. The van der Waals surface area contributed by atoms with Gasteiger partial charge in [0.1, 0.15) is 0 Å². The molecule has 6 heterocycles. The van der Waals surface area contributed by atoms with E-state index < -0.39 is 0 Å². The summed E-state index contributed by atoms with van der Waals surface area (Å²) in [5.74, 6) is 0. The van der Waals surface area contributed by atoms with Gasteiger partial charge in [-0.15, -0.1) is 0 Å². The van der Waals surface area contributed by atoms with Crippen molar-refractivity contribution >= 4 is 65.4 Å². The first-order valence-corrected chi connectivity index (χ1v) is 21.4. The fraction of sp³-hybridized carbons (Fsp3) is 0.222. The van der Waals surface area contributed by atoms with E-state index in [1.165, 1.54) is 33.4 Å². The van der Waals surface area contributed by atoms with Crippen LogP contribution in [0, 0.1) is 20.8 Å². The third kappa shape index (κ3) is 6.61. The van der Waals surface area contributed by atoms with Gasteiger partial charge < -0.3 is 0 Å². The lowest BCUT2D eigenvalue weighted by Crippen LogP contribution is -2.15. The van der Waals surface area contributed by atoms with E-state index in [4.69, 9.17) is 29.9 Å². The summed E-state index contributed by atoms with van der Waals surface area (Å²) in [7, 11) is 0. The normalized spacial score (nSPS) is 11.9. The highest BCUT2D eigenvalue weighted by atomic mass is 14.8. The van der Waals surface area contributed by atoms with Crippen LogP contribution in [0.5, 0.6) is 0 Å². The molecule has 0 saturated carbocycles. The van der Waals surface area contributed by atoms with Crippen LogP contribution in [0.4, 0.5) is 0 Å². The summed E-state index contributed by atoms with van der Waals surface area (Å²) < 4.78 is 0. The Morgan fingerprint density at radius 2 is 0.483 bits per heavy atom. The second-order valence-electron chi connectivity index (χ2n) is 16.4. The van der Waals surface area contributed by atoms with Crippen molar-refractivity contribution < 1.29 is 0 Å². The Kier molecular flexibility index (Phi) is 9.51. The van der Waals surface area contributed by atoms with Gasteiger partial charge in [0.05, 0.1) is 33.1 Å². The minimum Gasteiger partial charge on any atom is -0.251 e. The third-order valence-corrected chi connectivity index (χ3v) is 12.5. The Balaban J connectivity index is 1.18. The zero-order valence-corrected chi connectivity index (χ0v) is 35.3. The average Bonchev–Trinajstić information content (AvgIpc) is 3.26. The summed E-state index contributed by atoms with van der Waals surface area (Å²) in [6.45, 7) is 13.1. The molecule has 0 aliphatic heterocycles. The molecule has 10 aromatic rings. The molecule has 0 spiro atoms. The number of hydrogen-bond donors (Lipinski definition) is 0. The number of pyridine rings is 6. The zero-order valence-electron chi connectivity index (χ0n) is 35.3. The van der Waals surface area contributed by atoms with Crippen LogP contribution in [-0.4, -0.2) is 29.9 Å². The second kappa shape index (κ2) is 15.2. The van der Waals surface area contributed by atoms with Crippen LogP contribution in [0.25, 0.3) is 65.4 Å². The van der Waals surface area contributed by atoms with E-state index in [0.29, 0.717) is 0 Å². The summed E-state index contributed by atoms with van der Waals surface area (Å²) in [5.41, 5.74) is 20.3. The topological polar surface area (TPSA) is 77.3 Å². The monoisotopic (exact) mass is 780 g/mol. The predicted octanol–water partition coefficient (Wildman–Crippen LogP) is 12.4. The van der Waals surface area contributed by atoms with Crippen LogP contribution in [0.2, 0.25) is 0 Å². The standard InChI is InChI=1S/C54H48N6/c1-7-43-46(28-40-25-22-37-19-16-34-13-10-31(4)55-49(34)52(37)58-40)44(8-2)48(30-42-27-24-39-21-18-36-15-12-33(6)57-51(36)54(39)60-42)45(9-3)47(43)29-41-26-23-38-20-17-35-14-11-32(5)56-50(35)53(38)59-41/h10-27H,7-9,28-30H2,1-6H3.